The summed E-state index contributed by atoms with van der Waals surface area (Å²) in [6, 6.07) is 5.78. The Hall–Kier alpha value is -1.79. The number of carbonyl (C=O) groups is 1. The van der Waals surface area contributed by atoms with E-state index in [1.807, 2.05) is 42.1 Å². The minimum atomic E-state index is -1.25. The van der Waals surface area contributed by atoms with Gasteiger partial charge in [-0.25, -0.2) is 4.39 Å². The number of aromatic nitrogens is 1. The Morgan fingerprint density at radius 1 is 1.38 bits per heavy atom. The Labute approximate surface area is 145 Å². The lowest BCUT2D eigenvalue weighted by Gasteiger charge is -2.36. The number of halogens is 1. The molecule has 2 aromatic rings. The second-order valence-electron chi connectivity index (χ2n) is 6.39. The van der Waals surface area contributed by atoms with Crippen molar-refractivity contribution in [2.45, 2.75) is 32.0 Å². The van der Waals surface area contributed by atoms with Crippen LogP contribution in [0.25, 0.3) is 0 Å². The third-order valence-corrected chi connectivity index (χ3v) is 5.12. The number of aryl methyl sites for hydroxylation is 1. The maximum absolute atomic E-state index is 14.9. The number of hydrogen-bond acceptors (Lipinski definition) is 4. The van der Waals surface area contributed by atoms with E-state index in [2.05, 4.69) is 10.3 Å². The summed E-state index contributed by atoms with van der Waals surface area (Å²) in [5, 5.41) is 6.90. The third-order valence-electron chi connectivity index (χ3n) is 4.44. The molecule has 1 aliphatic rings. The number of thiophene rings is 1. The van der Waals surface area contributed by atoms with Gasteiger partial charge < -0.3 is 10.2 Å². The van der Waals surface area contributed by atoms with Gasteiger partial charge >= 0.3 is 0 Å². The van der Waals surface area contributed by atoms with Crippen LogP contribution < -0.4 is 5.32 Å². The van der Waals surface area contributed by atoms with Crippen molar-refractivity contribution in [3.8, 4) is 0 Å². The van der Waals surface area contributed by atoms with Crippen LogP contribution in [-0.2, 0) is 6.54 Å². The lowest BCUT2D eigenvalue weighted by atomic mass is 9.93. The molecule has 4 nitrogen and oxygen atoms in total. The fourth-order valence-corrected chi connectivity index (χ4v) is 3.50. The van der Waals surface area contributed by atoms with Gasteiger partial charge in [0.2, 0.25) is 0 Å². The molecule has 0 unspecified atom stereocenters. The molecular formula is C18H22FN3OS. The van der Waals surface area contributed by atoms with E-state index < -0.39 is 5.67 Å². The zero-order valence-electron chi connectivity index (χ0n) is 13.8. The Morgan fingerprint density at radius 3 is 2.79 bits per heavy atom. The van der Waals surface area contributed by atoms with E-state index in [0.717, 1.165) is 11.3 Å². The van der Waals surface area contributed by atoms with Crippen LogP contribution in [0.4, 0.5) is 4.39 Å². The minimum Gasteiger partial charge on any atom is -0.338 e. The van der Waals surface area contributed by atoms with Crippen molar-refractivity contribution in [2.75, 3.05) is 19.6 Å². The molecule has 0 saturated carbocycles. The second-order valence-corrected chi connectivity index (χ2v) is 7.17. The molecule has 128 valence electrons. The van der Waals surface area contributed by atoms with Gasteiger partial charge in [-0.2, -0.15) is 11.3 Å². The molecule has 0 spiro atoms. The van der Waals surface area contributed by atoms with E-state index in [-0.39, 0.29) is 5.91 Å². The van der Waals surface area contributed by atoms with Crippen molar-refractivity contribution in [1.82, 2.24) is 15.2 Å². The van der Waals surface area contributed by atoms with E-state index in [4.69, 9.17) is 0 Å². The highest BCUT2D eigenvalue weighted by atomic mass is 32.1. The molecule has 6 heteroatoms. The number of rotatable bonds is 5. The van der Waals surface area contributed by atoms with Gasteiger partial charge in [0.05, 0.1) is 11.3 Å². The molecule has 1 aliphatic heterocycles. The number of nitrogens with one attached hydrogen (secondary N) is 1. The molecule has 24 heavy (non-hydrogen) atoms. The molecule has 0 atom stereocenters. The zero-order chi connectivity index (χ0) is 17.0. The monoisotopic (exact) mass is 347 g/mol. The van der Waals surface area contributed by atoms with Crippen molar-refractivity contribution in [3.63, 3.8) is 0 Å². The number of amides is 1. The third kappa shape index (κ3) is 4.19. The van der Waals surface area contributed by atoms with E-state index in [1.54, 1.807) is 4.90 Å². The lowest BCUT2D eigenvalue weighted by Crippen LogP contribution is -2.48. The molecule has 1 N–H and O–H groups in total. The van der Waals surface area contributed by atoms with Crippen molar-refractivity contribution in [3.05, 3.63) is 52.0 Å². The predicted octanol–water partition coefficient (Wildman–Crippen LogP) is 3.19. The first-order chi connectivity index (χ1) is 11.6. The summed E-state index contributed by atoms with van der Waals surface area (Å²) >= 11 is 1.50. The van der Waals surface area contributed by atoms with Crippen LogP contribution in [0.2, 0.25) is 0 Å². The van der Waals surface area contributed by atoms with Crippen molar-refractivity contribution >= 4 is 17.2 Å². The molecule has 3 rings (SSSR count). The largest absolute Gasteiger partial charge is 0.338 e. The maximum Gasteiger partial charge on any atom is 0.254 e. The summed E-state index contributed by atoms with van der Waals surface area (Å²) in [7, 11) is 0. The molecule has 0 bridgehead atoms. The molecular weight excluding hydrogens is 325 g/mol. The van der Waals surface area contributed by atoms with Gasteiger partial charge in [-0.3, -0.25) is 9.78 Å². The standard InChI is InChI=1S/C18H22FN3OS/c1-14-2-3-16(21-10-14)11-20-13-18(19)5-7-22(8-6-18)17(23)15-4-9-24-12-15/h2-4,9-10,12,20H,5-8,11,13H2,1H3. The lowest BCUT2D eigenvalue weighted by molar-refractivity contribution is 0.0434. The van der Waals surface area contributed by atoms with Crippen molar-refractivity contribution in [2.24, 2.45) is 0 Å². The molecule has 0 radical (unpaired) electrons. The summed E-state index contributed by atoms with van der Waals surface area (Å²) in [4.78, 5) is 18.3. The number of piperidine rings is 1. The predicted molar refractivity (Wildman–Crippen MR) is 94.0 cm³/mol. The summed E-state index contributed by atoms with van der Waals surface area (Å²) in [5.41, 5.74) is 1.48. The van der Waals surface area contributed by atoms with Gasteiger partial charge in [-0.15, -0.1) is 0 Å². The number of hydrogen-bond donors (Lipinski definition) is 1. The van der Waals surface area contributed by atoms with Gasteiger partial charge in [0.15, 0.2) is 0 Å². The SMILES string of the molecule is Cc1ccc(CNCC2(F)CCN(C(=O)c3ccsc3)CC2)nc1. The molecule has 1 amide bonds. The van der Waals surface area contributed by atoms with Crippen LogP contribution in [0.5, 0.6) is 0 Å². The summed E-state index contributed by atoms with van der Waals surface area (Å²) in [6.45, 7) is 3.78. The highest BCUT2D eigenvalue weighted by Gasteiger charge is 2.35. The topological polar surface area (TPSA) is 45.2 Å². The average Bonchev–Trinajstić information content (AvgIpc) is 3.11. The normalized spacial score (nSPS) is 17.0. The van der Waals surface area contributed by atoms with Gasteiger partial charge in [0.1, 0.15) is 5.67 Å². The second kappa shape index (κ2) is 7.40. The van der Waals surface area contributed by atoms with Crippen LogP contribution in [0.15, 0.2) is 35.2 Å². The number of nitrogens with zero attached hydrogens (tertiary/aromatic N) is 2. The Kier molecular flexibility index (Phi) is 5.26. The van der Waals surface area contributed by atoms with E-state index in [9.17, 15) is 9.18 Å². The van der Waals surface area contributed by atoms with Crippen LogP contribution in [-0.4, -0.2) is 41.1 Å². The molecule has 3 heterocycles. The number of pyridine rings is 1. The fourth-order valence-electron chi connectivity index (χ4n) is 2.87. The maximum atomic E-state index is 14.9. The van der Waals surface area contributed by atoms with Gasteiger partial charge in [0, 0.05) is 50.6 Å². The fraction of sp³-hybridized carbons (Fsp3) is 0.444. The van der Waals surface area contributed by atoms with Gasteiger partial charge in [-0.1, -0.05) is 6.07 Å². The number of alkyl halides is 1. The summed E-state index contributed by atoms with van der Waals surface area (Å²) < 4.78 is 14.9. The smallest absolute Gasteiger partial charge is 0.254 e. The number of carbonyl (C=O) groups excluding carboxylic acids is 1. The quantitative estimate of drug-likeness (QED) is 0.903. The van der Waals surface area contributed by atoms with Crippen molar-refractivity contribution < 1.29 is 9.18 Å². The molecule has 2 aromatic heterocycles. The first kappa shape index (κ1) is 17.0. The summed E-state index contributed by atoms with van der Waals surface area (Å²) in [6.07, 6.45) is 2.56. The highest BCUT2D eigenvalue weighted by Crippen LogP contribution is 2.27. The minimum absolute atomic E-state index is 0.00937. The van der Waals surface area contributed by atoms with Gasteiger partial charge in [-0.05, 0) is 30.0 Å². The van der Waals surface area contributed by atoms with E-state index in [1.165, 1.54) is 11.3 Å². The van der Waals surface area contributed by atoms with Crippen molar-refractivity contribution in [1.29, 1.82) is 0 Å². The average molecular weight is 347 g/mol. The van der Waals surface area contributed by atoms with Crippen LogP contribution in [0, 0.1) is 6.92 Å². The van der Waals surface area contributed by atoms with E-state index >= 15 is 0 Å². The molecule has 1 saturated heterocycles. The van der Waals surface area contributed by atoms with Crippen LogP contribution >= 0.6 is 11.3 Å². The van der Waals surface area contributed by atoms with Gasteiger partial charge in [0.25, 0.3) is 5.91 Å². The first-order valence-corrected chi connectivity index (χ1v) is 9.13. The molecule has 0 aliphatic carbocycles. The van der Waals surface area contributed by atoms with Crippen LogP contribution in [0.1, 0.15) is 34.5 Å². The molecule has 0 aromatic carbocycles. The number of likely N-dealkylation sites (tertiary alicyclic amines) is 1. The van der Waals surface area contributed by atoms with E-state index in [0.29, 0.717) is 44.6 Å². The Balaban J connectivity index is 1.46. The van der Waals surface area contributed by atoms with Crippen LogP contribution in [0.3, 0.4) is 0 Å². The Morgan fingerprint density at radius 2 is 2.17 bits per heavy atom. The zero-order valence-corrected chi connectivity index (χ0v) is 14.6. The summed E-state index contributed by atoms with van der Waals surface area (Å²) in [5.74, 6) is 0.00937. The first-order valence-electron chi connectivity index (χ1n) is 8.18. The Bertz CT molecular complexity index is 664. The highest BCUT2D eigenvalue weighted by molar-refractivity contribution is 7.08. The molecule has 1 fully saturated rings.